The zero-order valence-corrected chi connectivity index (χ0v) is 18.3. The SMILES string of the molecule is CN(C)c1ccc(C2=NN(S(=O)(=O)c3ccccc3)[C@H](c3ccc(Cl)cc3)C2)cc1. The van der Waals surface area contributed by atoms with Crippen molar-refractivity contribution in [2.24, 2.45) is 5.10 Å². The Labute approximate surface area is 182 Å². The van der Waals surface area contributed by atoms with Crippen molar-refractivity contribution in [3.8, 4) is 0 Å². The Balaban J connectivity index is 1.76. The Kier molecular flexibility index (Phi) is 5.54. The Morgan fingerprint density at radius 1 is 0.933 bits per heavy atom. The highest BCUT2D eigenvalue weighted by Gasteiger charge is 2.37. The van der Waals surface area contributed by atoms with Crippen LogP contribution in [0.15, 0.2) is 88.9 Å². The van der Waals surface area contributed by atoms with E-state index < -0.39 is 16.1 Å². The Hall–Kier alpha value is -2.83. The van der Waals surface area contributed by atoms with Crippen molar-refractivity contribution < 1.29 is 8.42 Å². The largest absolute Gasteiger partial charge is 0.378 e. The van der Waals surface area contributed by atoms with Crippen LogP contribution >= 0.6 is 11.6 Å². The summed E-state index contributed by atoms with van der Waals surface area (Å²) in [6, 6.07) is 23.2. The fourth-order valence-corrected chi connectivity index (χ4v) is 5.05. The second-order valence-corrected chi connectivity index (χ2v) is 9.58. The molecule has 3 aromatic carbocycles. The fraction of sp³-hybridized carbons (Fsp3) is 0.174. The van der Waals surface area contributed by atoms with E-state index in [0.29, 0.717) is 11.4 Å². The van der Waals surface area contributed by atoms with Gasteiger partial charge in [0.2, 0.25) is 0 Å². The summed E-state index contributed by atoms with van der Waals surface area (Å²) in [5.41, 5.74) is 3.56. The van der Waals surface area contributed by atoms with Crippen molar-refractivity contribution in [1.82, 2.24) is 4.41 Å². The van der Waals surface area contributed by atoms with Gasteiger partial charge in [0, 0.05) is 31.2 Å². The second-order valence-electron chi connectivity index (χ2n) is 7.35. The van der Waals surface area contributed by atoms with E-state index in [4.69, 9.17) is 11.6 Å². The van der Waals surface area contributed by atoms with Crippen LogP contribution in [-0.2, 0) is 10.0 Å². The van der Waals surface area contributed by atoms with Gasteiger partial charge in [0.15, 0.2) is 0 Å². The molecular weight excluding hydrogens is 418 g/mol. The molecule has 0 unspecified atom stereocenters. The minimum atomic E-state index is -3.80. The third-order valence-electron chi connectivity index (χ3n) is 5.13. The average molecular weight is 440 g/mol. The summed E-state index contributed by atoms with van der Waals surface area (Å²) in [5.74, 6) is 0. The van der Waals surface area contributed by atoms with Crippen LogP contribution in [-0.4, -0.2) is 32.6 Å². The lowest BCUT2D eigenvalue weighted by Gasteiger charge is -2.23. The molecule has 154 valence electrons. The number of hydrazone groups is 1. The lowest BCUT2D eigenvalue weighted by atomic mass is 9.99. The van der Waals surface area contributed by atoms with E-state index in [1.54, 1.807) is 42.5 Å². The van der Waals surface area contributed by atoms with Crippen LogP contribution in [0.5, 0.6) is 0 Å². The number of halogens is 1. The molecule has 0 N–H and O–H groups in total. The van der Waals surface area contributed by atoms with E-state index in [1.807, 2.05) is 55.4 Å². The van der Waals surface area contributed by atoms with Crippen molar-refractivity contribution in [3.05, 3.63) is 95.0 Å². The third kappa shape index (κ3) is 3.93. The monoisotopic (exact) mass is 439 g/mol. The van der Waals surface area contributed by atoms with Crippen LogP contribution in [0.25, 0.3) is 0 Å². The number of rotatable bonds is 5. The molecule has 0 saturated carbocycles. The number of anilines is 1. The highest BCUT2D eigenvalue weighted by atomic mass is 35.5. The predicted molar refractivity (Wildman–Crippen MR) is 122 cm³/mol. The summed E-state index contributed by atoms with van der Waals surface area (Å²) in [5, 5.41) is 5.18. The normalized spacial score (nSPS) is 16.4. The molecule has 3 aromatic rings. The van der Waals surface area contributed by atoms with Crippen LogP contribution in [0.2, 0.25) is 5.02 Å². The van der Waals surface area contributed by atoms with Crippen LogP contribution in [0.1, 0.15) is 23.6 Å². The van der Waals surface area contributed by atoms with Crippen molar-refractivity contribution in [2.45, 2.75) is 17.4 Å². The molecule has 0 radical (unpaired) electrons. The van der Waals surface area contributed by atoms with Gasteiger partial charge in [-0.2, -0.15) is 17.9 Å². The van der Waals surface area contributed by atoms with Gasteiger partial charge in [-0.3, -0.25) is 0 Å². The molecule has 0 spiro atoms. The quantitative estimate of drug-likeness (QED) is 0.565. The van der Waals surface area contributed by atoms with Gasteiger partial charge in [-0.1, -0.05) is 54.1 Å². The van der Waals surface area contributed by atoms with Crippen molar-refractivity contribution >= 4 is 33.0 Å². The zero-order chi connectivity index (χ0) is 21.3. The fourth-order valence-electron chi connectivity index (χ4n) is 3.47. The first kappa shape index (κ1) is 20.4. The summed E-state index contributed by atoms with van der Waals surface area (Å²) in [4.78, 5) is 2.24. The number of hydrogen-bond donors (Lipinski definition) is 0. The Bertz CT molecular complexity index is 1160. The molecular formula is C23H22ClN3O2S. The van der Waals surface area contributed by atoms with Gasteiger partial charge in [0.1, 0.15) is 0 Å². The van der Waals surface area contributed by atoms with E-state index in [1.165, 1.54) is 4.41 Å². The predicted octanol–water partition coefficient (Wildman–Crippen LogP) is 4.95. The first-order valence-electron chi connectivity index (χ1n) is 9.56. The summed E-state index contributed by atoms with van der Waals surface area (Å²) < 4.78 is 28.0. The van der Waals surface area contributed by atoms with E-state index in [0.717, 1.165) is 22.5 Å². The molecule has 1 heterocycles. The molecule has 0 amide bonds. The van der Waals surface area contributed by atoms with Gasteiger partial charge in [-0.25, -0.2) is 0 Å². The van der Waals surface area contributed by atoms with Crippen LogP contribution in [0.4, 0.5) is 5.69 Å². The Morgan fingerprint density at radius 3 is 2.17 bits per heavy atom. The molecule has 0 saturated heterocycles. The first-order chi connectivity index (χ1) is 14.4. The maximum Gasteiger partial charge on any atom is 0.279 e. The molecule has 0 aromatic heterocycles. The molecule has 1 aliphatic rings. The molecule has 1 aliphatic heterocycles. The molecule has 5 nitrogen and oxygen atoms in total. The number of sulfonamides is 1. The van der Waals surface area contributed by atoms with Gasteiger partial charge < -0.3 is 4.90 Å². The van der Waals surface area contributed by atoms with E-state index in [2.05, 4.69) is 5.10 Å². The lowest BCUT2D eigenvalue weighted by molar-refractivity contribution is 0.371. The molecule has 0 fully saturated rings. The minimum absolute atomic E-state index is 0.219. The van der Waals surface area contributed by atoms with E-state index >= 15 is 0 Å². The van der Waals surface area contributed by atoms with Crippen LogP contribution in [0, 0.1) is 0 Å². The smallest absolute Gasteiger partial charge is 0.279 e. The van der Waals surface area contributed by atoms with Crippen molar-refractivity contribution in [2.75, 3.05) is 19.0 Å². The molecule has 30 heavy (non-hydrogen) atoms. The Morgan fingerprint density at radius 2 is 1.57 bits per heavy atom. The van der Waals surface area contributed by atoms with Crippen molar-refractivity contribution in [1.29, 1.82) is 0 Å². The van der Waals surface area contributed by atoms with Crippen LogP contribution in [0.3, 0.4) is 0 Å². The highest BCUT2D eigenvalue weighted by Crippen LogP contribution is 2.37. The highest BCUT2D eigenvalue weighted by molar-refractivity contribution is 7.89. The molecule has 0 bridgehead atoms. The number of hydrogen-bond acceptors (Lipinski definition) is 4. The lowest BCUT2D eigenvalue weighted by Crippen LogP contribution is -2.27. The second kappa shape index (κ2) is 8.13. The van der Waals surface area contributed by atoms with E-state index in [9.17, 15) is 8.42 Å². The summed E-state index contributed by atoms with van der Waals surface area (Å²) >= 11 is 6.04. The molecule has 7 heteroatoms. The minimum Gasteiger partial charge on any atom is -0.378 e. The standard InChI is InChI=1S/C23H22ClN3O2S/c1-26(2)20-14-10-17(11-15-20)22-16-23(18-8-12-19(24)13-9-18)27(25-22)30(28,29)21-6-4-3-5-7-21/h3-15,23H,16H2,1-2H3/t23-/m0/s1. The maximum absolute atomic E-state index is 13.4. The topological polar surface area (TPSA) is 53.0 Å². The van der Waals surface area contributed by atoms with Gasteiger partial charge >= 0.3 is 0 Å². The summed E-state index contributed by atoms with van der Waals surface area (Å²) in [6.45, 7) is 0. The van der Waals surface area contributed by atoms with Gasteiger partial charge in [0.05, 0.1) is 16.6 Å². The number of benzene rings is 3. The van der Waals surface area contributed by atoms with Crippen molar-refractivity contribution in [3.63, 3.8) is 0 Å². The van der Waals surface area contributed by atoms with Gasteiger partial charge in [-0.15, -0.1) is 0 Å². The maximum atomic E-state index is 13.4. The zero-order valence-electron chi connectivity index (χ0n) is 16.7. The average Bonchev–Trinajstić information content (AvgIpc) is 3.21. The van der Waals surface area contributed by atoms with Crippen LogP contribution < -0.4 is 4.90 Å². The van der Waals surface area contributed by atoms with Gasteiger partial charge in [0.25, 0.3) is 10.0 Å². The summed E-state index contributed by atoms with van der Waals surface area (Å²) in [6.07, 6.45) is 0.481. The molecule has 0 aliphatic carbocycles. The number of nitrogens with zero attached hydrogens (tertiary/aromatic N) is 3. The van der Waals surface area contributed by atoms with Gasteiger partial charge in [-0.05, 0) is 47.5 Å². The third-order valence-corrected chi connectivity index (χ3v) is 7.08. The van der Waals surface area contributed by atoms with E-state index in [-0.39, 0.29) is 4.90 Å². The molecule has 1 atom stereocenters. The first-order valence-corrected chi connectivity index (χ1v) is 11.4. The summed E-state index contributed by atoms with van der Waals surface area (Å²) in [7, 11) is 0.154. The molecule has 4 rings (SSSR count).